The summed E-state index contributed by atoms with van der Waals surface area (Å²) in [6.07, 6.45) is 6.58. The quantitative estimate of drug-likeness (QED) is 0.612. The van der Waals surface area contributed by atoms with Crippen LogP contribution in [-0.4, -0.2) is 16.6 Å². The summed E-state index contributed by atoms with van der Waals surface area (Å²) in [5.74, 6) is -0.504. The van der Waals surface area contributed by atoms with Crippen molar-refractivity contribution in [3.05, 3.63) is 0 Å². The maximum absolute atomic E-state index is 10.8. The molecule has 90 valence electrons. The molecule has 3 nitrogen and oxygen atoms in total. The van der Waals surface area contributed by atoms with Gasteiger partial charge in [0.05, 0.1) is 0 Å². The molecule has 0 radical (unpaired) electrons. The van der Waals surface area contributed by atoms with Crippen LogP contribution in [0, 0.1) is 5.92 Å². The maximum Gasteiger partial charge on any atom is 0.323 e. The van der Waals surface area contributed by atoms with Crippen LogP contribution in [0.1, 0.15) is 59.3 Å². The van der Waals surface area contributed by atoms with E-state index < -0.39 is 11.5 Å². The zero-order valence-electron chi connectivity index (χ0n) is 10.3. The number of hydrogen-bond acceptors (Lipinski definition) is 2. The summed E-state index contributed by atoms with van der Waals surface area (Å²) in [7, 11) is 0. The molecule has 0 heterocycles. The first kappa shape index (κ1) is 14.4. The highest BCUT2D eigenvalue weighted by Crippen LogP contribution is 2.20. The number of rotatable bonds is 8. The molecule has 0 aliphatic carbocycles. The molecular formula is C12H25NO2. The molecule has 2 atom stereocenters. The van der Waals surface area contributed by atoms with Gasteiger partial charge >= 0.3 is 5.97 Å². The monoisotopic (exact) mass is 215 g/mol. The smallest absolute Gasteiger partial charge is 0.323 e. The average molecular weight is 215 g/mol. The molecule has 15 heavy (non-hydrogen) atoms. The van der Waals surface area contributed by atoms with Crippen molar-refractivity contribution in [2.75, 3.05) is 0 Å². The van der Waals surface area contributed by atoms with Gasteiger partial charge in [0.25, 0.3) is 0 Å². The third kappa shape index (κ3) is 6.50. The van der Waals surface area contributed by atoms with Gasteiger partial charge in [-0.25, -0.2) is 0 Å². The molecule has 0 aliphatic heterocycles. The van der Waals surface area contributed by atoms with Crippen molar-refractivity contribution in [2.45, 2.75) is 64.8 Å². The largest absolute Gasteiger partial charge is 0.480 e. The summed E-state index contributed by atoms with van der Waals surface area (Å²) >= 11 is 0. The van der Waals surface area contributed by atoms with Crippen LogP contribution >= 0.6 is 0 Å². The van der Waals surface area contributed by atoms with Crippen LogP contribution < -0.4 is 5.73 Å². The highest BCUT2D eigenvalue weighted by Gasteiger charge is 2.29. The molecular weight excluding hydrogens is 190 g/mol. The second-order valence-corrected chi connectivity index (χ2v) is 4.88. The first-order valence-electron chi connectivity index (χ1n) is 5.92. The highest BCUT2D eigenvalue weighted by atomic mass is 16.4. The lowest BCUT2D eigenvalue weighted by atomic mass is 9.88. The van der Waals surface area contributed by atoms with Gasteiger partial charge in [-0.3, -0.25) is 4.79 Å². The second kappa shape index (κ2) is 6.83. The van der Waals surface area contributed by atoms with E-state index in [4.69, 9.17) is 10.8 Å². The van der Waals surface area contributed by atoms with Crippen LogP contribution in [0.2, 0.25) is 0 Å². The van der Waals surface area contributed by atoms with Crippen LogP contribution in [0.3, 0.4) is 0 Å². The first-order chi connectivity index (χ1) is 6.90. The van der Waals surface area contributed by atoms with Crippen LogP contribution in [-0.2, 0) is 4.79 Å². The molecule has 0 aliphatic rings. The molecule has 0 unspecified atom stereocenters. The normalized spacial score (nSPS) is 17.1. The molecule has 0 spiro atoms. The molecule has 0 saturated heterocycles. The van der Waals surface area contributed by atoms with Crippen molar-refractivity contribution in [3.8, 4) is 0 Å². The Labute approximate surface area is 93.0 Å². The fourth-order valence-corrected chi connectivity index (χ4v) is 1.83. The van der Waals surface area contributed by atoms with E-state index in [-0.39, 0.29) is 0 Å². The third-order valence-electron chi connectivity index (χ3n) is 2.81. The Morgan fingerprint density at radius 2 is 2.00 bits per heavy atom. The van der Waals surface area contributed by atoms with E-state index in [1.54, 1.807) is 6.92 Å². The van der Waals surface area contributed by atoms with E-state index in [0.29, 0.717) is 12.3 Å². The van der Waals surface area contributed by atoms with Gasteiger partial charge in [0, 0.05) is 0 Å². The van der Waals surface area contributed by atoms with Crippen molar-refractivity contribution >= 4 is 5.97 Å². The van der Waals surface area contributed by atoms with Crippen LogP contribution in [0.25, 0.3) is 0 Å². The van der Waals surface area contributed by atoms with E-state index in [1.807, 2.05) is 0 Å². The van der Waals surface area contributed by atoms with Crippen LogP contribution in [0.15, 0.2) is 0 Å². The van der Waals surface area contributed by atoms with Gasteiger partial charge in [-0.15, -0.1) is 0 Å². The van der Waals surface area contributed by atoms with E-state index in [1.165, 1.54) is 25.7 Å². The van der Waals surface area contributed by atoms with Crippen molar-refractivity contribution < 1.29 is 9.90 Å². The van der Waals surface area contributed by atoms with Crippen molar-refractivity contribution in [3.63, 3.8) is 0 Å². The number of nitrogens with two attached hydrogens (primary N) is 1. The summed E-state index contributed by atoms with van der Waals surface area (Å²) < 4.78 is 0. The summed E-state index contributed by atoms with van der Waals surface area (Å²) in [5.41, 5.74) is 4.63. The number of aliphatic carboxylic acids is 1. The Bertz CT molecular complexity index is 190. The first-order valence-corrected chi connectivity index (χ1v) is 5.92. The summed E-state index contributed by atoms with van der Waals surface area (Å²) in [4.78, 5) is 10.8. The fourth-order valence-electron chi connectivity index (χ4n) is 1.83. The van der Waals surface area contributed by atoms with Crippen LogP contribution in [0.5, 0.6) is 0 Å². The summed E-state index contributed by atoms with van der Waals surface area (Å²) in [6.45, 7) is 5.86. The molecule has 3 N–H and O–H groups in total. The van der Waals surface area contributed by atoms with E-state index in [9.17, 15) is 4.79 Å². The Balaban J connectivity index is 3.73. The third-order valence-corrected chi connectivity index (χ3v) is 2.81. The number of unbranched alkanes of at least 4 members (excludes halogenated alkanes) is 3. The van der Waals surface area contributed by atoms with Gasteiger partial charge in [0.15, 0.2) is 0 Å². The van der Waals surface area contributed by atoms with Gasteiger partial charge in [0.2, 0.25) is 0 Å². The molecule has 0 aromatic rings. The van der Waals surface area contributed by atoms with Crippen molar-refractivity contribution in [1.82, 2.24) is 0 Å². The zero-order chi connectivity index (χ0) is 11.9. The molecule has 0 aromatic heterocycles. The predicted molar refractivity (Wildman–Crippen MR) is 62.8 cm³/mol. The molecule has 0 amide bonds. The number of carboxylic acids is 1. The van der Waals surface area contributed by atoms with Gasteiger partial charge in [-0.2, -0.15) is 0 Å². The number of carbonyl (C=O) groups is 1. The Kier molecular flexibility index (Phi) is 6.57. The Hall–Kier alpha value is -0.570. The lowest BCUT2D eigenvalue weighted by molar-refractivity contribution is -0.143. The number of hydrogen-bond donors (Lipinski definition) is 2. The lowest BCUT2D eigenvalue weighted by Gasteiger charge is -2.23. The maximum atomic E-state index is 10.8. The minimum Gasteiger partial charge on any atom is -0.480 e. The van der Waals surface area contributed by atoms with E-state index in [2.05, 4.69) is 13.8 Å². The van der Waals surface area contributed by atoms with Gasteiger partial charge in [-0.05, 0) is 19.3 Å². The zero-order valence-corrected chi connectivity index (χ0v) is 10.3. The standard InChI is InChI=1S/C12H25NO2/c1-4-5-6-7-8-10(2)9-12(3,13)11(14)15/h10H,4-9,13H2,1-3H3,(H,14,15)/t10-,12+/m0/s1. The minimum absolute atomic E-state index is 0.396. The SMILES string of the molecule is CCCCCC[C@H](C)C[C@@](C)(N)C(=O)O. The van der Waals surface area contributed by atoms with Crippen molar-refractivity contribution in [1.29, 1.82) is 0 Å². The Morgan fingerprint density at radius 1 is 1.40 bits per heavy atom. The van der Waals surface area contributed by atoms with Crippen molar-refractivity contribution in [2.24, 2.45) is 11.7 Å². The predicted octanol–water partition coefficient (Wildman–Crippen LogP) is 2.79. The number of carboxylic acid groups (broad SMARTS) is 1. The molecule has 0 saturated carbocycles. The average Bonchev–Trinajstić information content (AvgIpc) is 2.11. The molecule has 0 bridgehead atoms. The van der Waals surface area contributed by atoms with Gasteiger partial charge in [-0.1, -0.05) is 46.0 Å². The highest BCUT2D eigenvalue weighted by molar-refractivity contribution is 5.77. The molecule has 0 aromatic carbocycles. The topological polar surface area (TPSA) is 63.3 Å². The van der Waals surface area contributed by atoms with Gasteiger partial charge < -0.3 is 10.8 Å². The van der Waals surface area contributed by atoms with E-state index in [0.717, 1.165) is 6.42 Å². The van der Waals surface area contributed by atoms with Crippen LogP contribution in [0.4, 0.5) is 0 Å². The minimum atomic E-state index is -1.07. The summed E-state index contributed by atoms with van der Waals surface area (Å²) in [5, 5.41) is 8.87. The molecule has 3 heteroatoms. The molecule has 0 fully saturated rings. The second-order valence-electron chi connectivity index (χ2n) is 4.88. The van der Waals surface area contributed by atoms with E-state index >= 15 is 0 Å². The Morgan fingerprint density at radius 3 is 2.47 bits per heavy atom. The fraction of sp³-hybridized carbons (Fsp3) is 0.917. The van der Waals surface area contributed by atoms with Gasteiger partial charge in [0.1, 0.15) is 5.54 Å². The summed E-state index contributed by atoms with van der Waals surface area (Å²) in [6, 6.07) is 0. The lowest BCUT2D eigenvalue weighted by Crippen LogP contribution is -2.46. The molecule has 0 rings (SSSR count).